The van der Waals surface area contributed by atoms with Gasteiger partial charge < -0.3 is 15.2 Å². The number of carbonyl (C=O) groups is 2. The van der Waals surface area contributed by atoms with Crippen molar-refractivity contribution < 1.29 is 9.59 Å². The van der Waals surface area contributed by atoms with Crippen molar-refractivity contribution in [2.75, 3.05) is 5.32 Å². The first-order chi connectivity index (χ1) is 13.9. The van der Waals surface area contributed by atoms with Crippen LogP contribution < -0.4 is 10.6 Å². The maximum atomic E-state index is 13.0. The molecule has 5 heteroatoms. The van der Waals surface area contributed by atoms with E-state index in [-0.39, 0.29) is 17.9 Å². The molecule has 0 spiro atoms. The second kappa shape index (κ2) is 8.95. The van der Waals surface area contributed by atoms with Gasteiger partial charge in [-0.2, -0.15) is 0 Å². The Morgan fingerprint density at radius 3 is 2.34 bits per heavy atom. The lowest BCUT2D eigenvalue weighted by Gasteiger charge is -2.15. The second-order valence-corrected chi connectivity index (χ2v) is 7.83. The molecule has 152 valence electrons. The average Bonchev–Trinajstić information content (AvgIpc) is 3.06. The van der Waals surface area contributed by atoms with Gasteiger partial charge in [0.1, 0.15) is 0 Å². The molecule has 2 amide bonds. The molecule has 1 aromatic heterocycles. The minimum atomic E-state index is -0.148. The third kappa shape index (κ3) is 4.86. The van der Waals surface area contributed by atoms with E-state index in [9.17, 15) is 9.59 Å². The molecule has 1 heterocycles. The van der Waals surface area contributed by atoms with Crippen molar-refractivity contribution in [2.24, 2.45) is 5.92 Å². The summed E-state index contributed by atoms with van der Waals surface area (Å²) in [4.78, 5) is 24.5. The number of hydrogen-bond donors (Lipinski definition) is 2. The number of rotatable bonds is 7. The number of para-hydroxylation sites is 1. The van der Waals surface area contributed by atoms with Crippen LogP contribution in [0.25, 0.3) is 10.9 Å². The van der Waals surface area contributed by atoms with Crippen LogP contribution in [0.2, 0.25) is 0 Å². The number of nitrogens with zero attached hydrogens (tertiary/aromatic N) is 1. The summed E-state index contributed by atoms with van der Waals surface area (Å²) in [5.41, 5.74) is 3.52. The van der Waals surface area contributed by atoms with Gasteiger partial charge in [-0.25, -0.2) is 0 Å². The molecule has 0 fully saturated rings. The summed E-state index contributed by atoms with van der Waals surface area (Å²) in [6.07, 6.45) is 2.40. The Morgan fingerprint density at radius 2 is 1.69 bits per heavy atom. The molecule has 0 saturated carbocycles. The lowest BCUT2D eigenvalue weighted by molar-refractivity contribution is -0.115. The minimum absolute atomic E-state index is 0.0168. The van der Waals surface area contributed by atoms with E-state index in [1.807, 2.05) is 62.5 Å². The first kappa shape index (κ1) is 20.6. The highest BCUT2D eigenvalue weighted by Gasteiger charge is 2.17. The van der Waals surface area contributed by atoms with Gasteiger partial charge in [0, 0.05) is 35.8 Å². The van der Waals surface area contributed by atoms with E-state index in [2.05, 4.69) is 35.1 Å². The fourth-order valence-electron chi connectivity index (χ4n) is 3.43. The van der Waals surface area contributed by atoms with Crippen LogP contribution in [0.5, 0.6) is 0 Å². The molecule has 0 aliphatic heterocycles. The molecule has 3 rings (SSSR count). The number of hydrogen-bond acceptors (Lipinski definition) is 2. The van der Waals surface area contributed by atoms with E-state index in [0.717, 1.165) is 28.7 Å². The molecule has 5 nitrogen and oxygen atoms in total. The fraction of sp³-hybridized carbons (Fsp3) is 0.333. The fourth-order valence-corrected chi connectivity index (χ4v) is 3.43. The lowest BCUT2D eigenvalue weighted by atomic mass is 10.1. The topological polar surface area (TPSA) is 63.1 Å². The molecule has 0 saturated heterocycles. The van der Waals surface area contributed by atoms with Gasteiger partial charge in [-0.1, -0.05) is 51.1 Å². The van der Waals surface area contributed by atoms with Crippen molar-refractivity contribution in [3.8, 4) is 0 Å². The van der Waals surface area contributed by atoms with Gasteiger partial charge in [-0.3, -0.25) is 9.59 Å². The molecular weight excluding hydrogens is 362 g/mol. The Hall–Kier alpha value is -3.08. The summed E-state index contributed by atoms with van der Waals surface area (Å²) in [6.45, 7) is 8.99. The monoisotopic (exact) mass is 391 g/mol. The lowest BCUT2D eigenvalue weighted by Crippen LogP contribution is -2.26. The van der Waals surface area contributed by atoms with E-state index in [1.165, 1.54) is 0 Å². The molecule has 2 N–H and O–H groups in total. The van der Waals surface area contributed by atoms with Crippen LogP contribution in [0.1, 0.15) is 56.1 Å². The van der Waals surface area contributed by atoms with Crippen molar-refractivity contribution in [1.82, 2.24) is 9.88 Å². The van der Waals surface area contributed by atoms with Gasteiger partial charge in [-0.05, 0) is 36.6 Å². The molecule has 0 radical (unpaired) electrons. The van der Waals surface area contributed by atoms with E-state index in [4.69, 9.17) is 0 Å². The molecule has 1 atom stereocenters. The quantitative estimate of drug-likeness (QED) is 0.586. The van der Waals surface area contributed by atoms with Crippen LogP contribution in [0.4, 0.5) is 5.69 Å². The minimum Gasteiger partial charge on any atom is -0.346 e. The van der Waals surface area contributed by atoms with Crippen LogP contribution >= 0.6 is 0 Å². The van der Waals surface area contributed by atoms with E-state index in [0.29, 0.717) is 17.9 Å². The summed E-state index contributed by atoms with van der Waals surface area (Å²) in [6, 6.07) is 15.5. The first-order valence-electron chi connectivity index (χ1n) is 10.2. The van der Waals surface area contributed by atoms with Crippen molar-refractivity contribution in [2.45, 2.75) is 46.7 Å². The summed E-state index contributed by atoms with van der Waals surface area (Å²) in [5, 5.41) is 6.90. The molecule has 0 bridgehead atoms. The van der Waals surface area contributed by atoms with Gasteiger partial charge in [0.05, 0.1) is 11.6 Å². The van der Waals surface area contributed by atoms with Crippen molar-refractivity contribution >= 4 is 28.4 Å². The van der Waals surface area contributed by atoms with Crippen LogP contribution in [0, 0.1) is 5.92 Å². The maximum Gasteiger partial charge on any atom is 0.253 e. The molecule has 1 unspecified atom stereocenters. The number of anilines is 1. The molecule has 2 aromatic carbocycles. The Balaban J connectivity index is 1.77. The molecule has 0 aliphatic rings. The molecule has 0 aliphatic carbocycles. The van der Waals surface area contributed by atoms with Gasteiger partial charge in [0.15, 0.2) is 0 Å². The van der Waals surface area contributed by atoms with Crippen LogP contribution in [-0.4, -0.2) is 16.4 Å². The molecule has 29 heavy (non-hydrogen) atoms. The number of benzene rings is 2. The van der Waals surface area contributed by atoms with E-state index < -0.39 is 0 Å². The largest absolute Gasteiger partial charge is 0.346 e. The van der Waals surface area contributed by atoms with Crippen molar-refractivity contribution in [3.05, 3.63) is 65.9 Å². The number of amides is 2. The smallest absolute Gasteiger partial charge is 0.253 e. The zero-order chi connectivity index (χ0) is 21.0. The number of aromatic nitrogens is 1. The van der Waals surface area contributed by atoms with Gasteiger partial charge in [0.25, 0.3) is 5.91 Å². The van der Waals surface area contributed by atoms with E-state index in [1.54, 1.807) is 0 Å². The van der Waals surface area contributed by atoms with Gasteiger partial charge in [0.2, 0.25) is 5.91 Å². The predicted molar refractivity (Wildman–Crippen MR) is 118 cm³/mol. The van der Waals surface area contributed by atoms with Crippen molar-refractivity contribution in [1.29, 1.82) is 0 Å². The van der Waals surface area contributed by atoms with Gasteiger partial charge in [-0.15, -0.1) is 0 Å². The first-order valence-corrected chi connectivity index (χ1v) is 10.2. The normalized spacial score (nSPS) is 12.2. The van der Waals surface area contributed by atoms with Gasteiger partial charge >= 0.3 is 0 Å². The number of nitrogens with one attached hydrogen (secondary N) is 2. The zero-order valence-electron chi connectivity index (χ0n) is 17.5. The Morgan fingerprint density at radius 1 is 1.00 bits per heavy atom. The van der Waals surface area contributed by atoms with Crippen molar-refractivity contribution in [3.63, 3.8) is 0 Å². The predicted octanol–water partition coefficient (Wildman–Crippen LogP) is 5.14. The highest BCUT2D eigenvalue weighted by Crippen LogP contribution is 2.24. The summed E-state index contributed by atoms with van der Waals surface area (Å²) in [5.74, 6) is 0.392. The average molecular weight is 392 g/mol. The zero-order valence-corrected chi connectivity index (χ0v) is 17.5. The summed E-state index contributed by atoms with van der Waals surface area (Å²) in [7, 11) is 0. The summed E-state index contributed by atoms with van der Waals surface area (Å²) < 4.78 is 2.16. The van der Waals surface area contributed by atoms with E-state index >= 15 is 0 Å². The SMILES string of the molecule is CCC(=O)Nc1ccc(C(C)NC(=O)c2cn(CC(C)C)c3ccccc23)cc1. The maximum absolute atomic E-state index is 13.0. The molecular formula is C24H29N3O2. The number of fused-ring (bicyclic) bond motifs is 1. The van der Waals surface area contributed by atoms with Crippen LogP contribution in [0.3, 0.4) is 0 Å². The Kier molecular flexibility index (Phi) is 6.37. The third-order valence-corrected chi connectivity index (χ3v) is 4.96. The highest BCUT2D eigenvalue weighted by molar-refractivity contribution is 6.07. The van der Waals surface area contributed by atoms with Crippen LogP contribution in [0.15, 0.2) is 54.7 Å². The summed E-state index contributed by atoms with van der Waals surface area (Å²) >= 11 is 0. The molecule has 3 aromatic rings. The standard InChI is InChI=1S/C24H29N3O2/c1-5-23(28)26-19-12-10-18(11-13-19)17(4)25-24(29)21-15-27(14-16(2)3)22-9-7-6-8-20(21)22/h6-13,15-17H,5,14H2,1-4H3,(H,25,29)(H,26,28). The third-order valence-electron chi connectivity index (χ3n) is 4.96. The van der Waals surface area contributed by atoms with Crippen LogP contribution in [-0.2, 0) is 11.3 Å². The Labute approximate surface area is 172 Å². The number of carbonyl (C=O) groups excluding carboxylic acids is 2. The highest BCUT2D eigenvalue weighted by atomic mass is 16.2. The Bertz CT molecular complexity index is 1000. The second-order valence-electron chi connectivity index (χ2n) is 7.83.